The van der Waals surface area contributed by atoms with Gasteiger partial charge in [-0.3, -0.25) is 9.59 Å². The van der Waals surface area contributed by atoms with Gasteiger partial charge in [-0.15, -0.1) is 0 Å². The minimum atomic E-state index is -0.0524. The molecule has 0 radical (unpaired) electrons. The molecule has 0 saturated heterocycles. The second-order valence-electron chi connectivity index (χ2n) is 5.97. The summed E-state index contributed by atoms with van der Waals surface area (Å²) in [7, 11) is 0. The number of nitrogens with one attached hydrogen (secondary N) is 2. The average molecular weight is 320 g/mol. The number of amides is 1. The molecule has 122 valence electrons. The zero-order valence-electron chi connectivity index (χ0n) is 13.6. The van der Waals surface area contributed by atoms with Crippen LogP contribution >= 0.6 is 0 Å². The molecule has 2 N–H and O–H groups in total. The van der Waals surface area contributed by atoms with E-state index in [4.69, 9.17) is 0 Å². The number of rotatable bonds is 5. The molecule has 4 heteroatoms. The first kappa shape index (κ1) is 16.0. The molecular weight excluding hydrogens is 300 g/mol. The second kappa shape index (κ2) is 7.13. The van der Waals surface area contributed by atoms with Crippen molar-refractivity contribution in [3.8, 4) is 0 Å². The van der Waals surface area contributed by atoms with Gasteiger partial charge in [-0.2, -0.15) is 0 Å². The quantitative estimate of drug-likeness (QED) is 0.759. The first-order valence-electron chi connectivity index (χ1n) is 8.05. The van der Waals surface area contributed by atoms with Crippen molar-refractivity contribution >= 4 is 16.8 Å². The Morgan fingerprint density at radius 3 is 2.62 bits per heavy atom. The molecular formula is C20H20N2O2. The zero-order valence-corrected chi connectivity index (χ0v) is 13.6. The molecule has 0 aliphatic heterocycles. The number of H-pyrrole nitrogens is 1. The smallest absolute Gasteiger partial charge is 0.251 e. The van der Waals surface area contributed by atoms with Gasteiger partial charge in [0.15, 0.2) is 0 Å². The Bertz CT molecular complexity index is 914. The van der Waals surface area contributed by atoms with E-state index >= 15 is 0 Å². The lowest BCUT2D eigenvalue weighted by Gasteiger charge is -2.07. The van der Waals surface area contributed by atoms with Gasteiger partial charge >= 0.3 is 0 Å². The maximum atomic E-state index is 11.9. The summed E-state index contributed by atoms with van der Waals surface area (Å²) in [6, 6.07) is 17.6. The van der Waals surface area contributed by atoms with Crippen LogP contribution in [0, 0.1) is 6.92 Å². The summed E-state index contributed by atoms with van der Waals surface area (Å²) >= 11 is 0. The average Bonchev–Trinajstić information content (AvgIpc) is 2.57. The topological polar surface area (TPSA) is 62.0 Å². The van der Waals surface area contributed by atoms with Gasteiger partial charge in [-0.05, 0) is 48.1 Å². The van der Waals surface area contributed by atoms with E-state index in [0.29, 0.717) is 18.5 Å². The van der Waals surface area contributed by atoms with Crippen molar-refractivity contribution in [1.82, 2.24) is 10.3 Å². The second-order valence-corrected chi connectivity index (χ2v) is 5.97. The molecule has 1 aromatic heterocycles. The van der Waals surface area contributed by atoms with Crippen LogP contribution in [0.2, 0.25) is 0 Å². The minimum absolute atomic E-state index is 0.0298. The molecule has 0 fully saturated rings. The fourth-order valence-corrected chi connectivity index (χ4v) is 2.71. The molecule has 0 saturated carbocycles. The third kappa shape index (κ3) is 3.90. The number of fused-ring (bicyclic) bond motifs is 1. The fraction of sp³-hybridized carbons (Fsp3) is 0.200. The zero-order chi connectivity index (χ0) is 16.9. The molecule has 0 spiro atoms. The first-order chi connectivity index (χ1) is 11.6. The van der Waals surface area contributed by atoms with Crippen molar-refractivity contribution in [2.45, 2.75) is 19.8 Å². The van der Waals surface area contributed by atoms with E-state index in [1.54, 1.807) is 6.92 Å². The van der Waals surface area contributed by atoms with E-state index in [0.717, 1.165) is 28.5 Å². The predicted octanol–water partition coefficient (Wildman–Crippen LogP) is 2.74. The Morgan fingerprint density at radius 1 is 1.04 bits per heavy atom. The summed E-state index contributed by atoms with van der Waals surface area (Å²) in [5.74, 6) is 0.0298. The summed E-state index contributed by atoms with van der Waals surface area (Å²) in [5.41, 5.74) is 3.63. The van der Waals surface area contributed by atoms with E-state index in [2.05, 4.69) is 16.4 Å². The van der Waals surface area contributed by atoms with E-state index in [9.17, 15) is 9.59 Å². The molecule has 1 amide bonds. The molecule has 0 bridgehead atoms. The Kier molecular flexibility index (Phi) is 4.75. The van der Waals surface area contributed by atoms with Gasteiger partial charge in [0.1, 0.15) is 0 Å². The number of hydrogen-bond acceptors (Lipinski definition) is 2. The van der Waals surface area contributed by atoms with Crippen molar-refractivity contribution in [1.29, 1.82) is 0 Å². The summed E-state index contributed by atoms with van der Waals surface area (Å²) in [6.07, 6.45) is 1.16. The summed E-state index contributed by atoms with van der Waals surface area (Å²) in [4.78, 5) is 26.4. The van der Waals surface area contributed by atoms with Gasteiger partial charge < -0.3 is 10.3 Å². The largest absolute Gasteiger partial charge is 0.355 e. The Morgan fingerprint density at radius 2 is 1.83 bits per heavy atom. The van der Waals surface area contributed by atoms with Crippen LogP contribution < -0.4 is 10.9 Å². The molecule has 0 aliphatic carbocycles. The van der Waals surface area contributed by atoms with Crippen molar-refractivity contribution in [2.75, 3.05) is 6.54 Å². The Balaban J connectivity index is 1.58. The lowest BCUT2D eigenvalue weighted by atomic mass is 10.1. The maximum Gasteiger partial charge on any atom is 0.251 e. The van der Waals surface area contributed by atoms with E-state index < -0.39 is 0 Å². The summed E-state index contributed by atoms with van der Waals surface area (Å²) < 4.78 is 0. The number of aromatic nitrogens is 1. The minimum Gasteiger partial charge on any atom is -0.355 e. The standard InChI is InChI=1S/C20H20N2O2/c1-14-11-17-12-16(7-8-18(17)22-20(14)24)9-10-21-19(23)13-15-5-3-2-4-6-15/h2-8,11-12H,9-10,13H2,1H3,(H,21,23)(H,22,24). The lowest BCUT2D eigenvalue weighted by molar-refractivity contribution is -0.120. The van der Waals surface area contributed by atoms with Crippen LogP contribution in [-0.4, -0.2) is 17.4 Å². The SMILES string of the molecule is Cc1cc2cc(CCNC(=O)Cc3ccccc3)ccc2[nH]c1=O. The van der Waals surface area contributed by atoms with Crippen molar-refractivity contribution in [3.05, 3.63) is 81.6 Å². The van der Waals surface area contributed by atoms with Gasteiger partial charge in [0.05, 0.1) is 6.42 Å². The van der Waals surface area contributed by atoms with Gasteiger partial charge in [-0.1, -0.05) is 36.4 Å². The molecule has 3 aromatic rings. The molecule has 1 heterocycles. The highest BCUT2D eigenvalue weighted by molar-refractivity contribution is 5.80. The van der Waals surface area contributed by atoms with Crippen LogP contribution in [-0.2, 0) is 17.6 Å². The molecule has 24 heavy (non-hydrogen) atoms. The fourth-order valence-electron chi connectivity index (χ4n) is 2.71. The van der Waals surface area contributed by atoms with Gasteiger partial charge in [-0.25, -0.2) is 0 Å². The number of aryl methyl sites for hydroxylation is 1. The number of pyridine rings is 1. The summed E-state index contributed by atoms with van der Waals surface area (Å²) in [5, 5.41) is 3.97. The number of benzene rings is 2. The van der Waals surface area contributed by atoms with Crippen LogP contribution in [0.3, 0.4) is 0 Å². The Hall–Kier alpha value is -2.88. The van der Waals surface area contributed by atoms with E-state index in [-0.39, 0.29) is 11.5 Å². The lowest BCUT2D eigenvalue weighted by Crippen LogP contribution is -2.27. The van der Waals surface area contributed by atoms with Crippen LogP contribution in [0.5, 0.6) is 0 Å². The number of carbonyl (C=O) groups is 1. The first-order valence-corrected chi connectivity index (χ1v) is 8.05. The van der Waals surface area contributed by atoms with Crippen LogP contribution in [0.1, 0.15) is 16.7 Å². The van der Waals surface area contributed by atoms with E-state index in [1.165, 1.54) is 0 Å². The normalized spacial score (nSPS) is 10.7. The van der Waals surface area contributed by atoms with Gasteiger partial charge in [0.2, 0.25) is 5.91 Å². The molecule has 0 aliphatic rings. The Labute approximate surface area is 140 Å². The van der Waals surface area contributed by atoms with Gasteiger partial charge in [0.25, 0.3) is 5.56 Å². The third-order valence-electron chi connectivity index (χ3n) is 4.04. The number of hydrogen-bond donors (Lipinski definition) is 2. The third-order valence-corrected chi connectivity index (χ3v) is 4.04. The molecule has 3 rings (SSSR count). The highest BCUT2D eigenvalue weighted by Gasteiger charge is 2.04. The molecule has 0 atom stereocenters. The molecule has 4 nitrogen and oxygen atoms in total. The molecule has 0 unspecified atom stereocenters. The monoisotopic (exact) mass is 320 g/mol. The number of carbonyl (C=O) groups excluding carboxylic acids is 1. The van der Waals surface area contributed by atoms with Gasteiger partial charge in [0, 0.05) is 17.6 Å². The van der Waals surface area contributed by atoms with Crippen molar-refractivity contribution < 1.29 is 4.79 Å². The molecule has 2 aromatic carbocycles. The van der Waals surface area contributed by atoms with Crippen molar-refractivity contribution in [2.24, 2.45) is 0 Å². The van der Waals surface area contributed by atoms with Crippen LogP contribution in [0.4, 0.5) is 0 Å². The highest BCUT2D eigenvalue weighted by Crippen LogP contribution is 2.13. The van der Waals surface area contributed by atoms with Crippen LogP contribution in [0.15, 0.2) is 59.4 Å². The predicted molar refractivity (Wildman–Crippen MR) is 96.2 cm³/mol. The number of aromatic amines is 1. The maximum absolute atomic E-state index is 11.9. The van der Waals surface area contributed by atoms with E-state index in [1.807, 2.05) is 48.5 Å². The summed E-state index contributed by atoms with van der Waals surface area (Å²) in [6.45, 7) is 2.40. The van der Waals surface area contributed by atoms with Crippen molar-refractivity contribution in [3.63, 3.8) is 0 Å². The van der Waals surface area contributed by atoms with Crippen LogP contribution in [0.25, 0.3) is 10.9 Å². The highest BCUT2D eigenvalue weighted by atomic mass is 16.1.